The Morgan fingerprint density at radius 1 is 1.30 bits per heavy atom. The maximum absolute atomic E-state index is 12.5. The Kier molecular flexibility index (Phi) is 6.34. The van der Waals surface area contributed by atoms with Gasteiger partial charge in [0.05, 0.1) is 0 Å². The van der Waals surface area contributed by atoms with Crippen molar-refractivity contribution in [1.82, 2.24) is 15.5 Å². The number of hydrogen-bond donors (Lipinski definition) is 2. The maximum Gasteiger partial charge on any atom is 0.238 e. The van der Waals surface area contributed by atoms with E-state index >= 15 is 0 Å². The molecule has 1 aliphatic rings. The lowest BCUT2D eigenvalue weighted by Crippen LogP contribution is -2.44. The van der Waals surface area contributed by atoms with Crippen molar-refractivity contribution >= 4 is 32.2 Å². The largest absolute Gasteiger partial charge is 0.360 e. The van der Waals surface area contributed by atoms with E-state index < -0.39 is 21.0 Å². The van der Waals surface area contributed by atoms with Gasteiger partial charge in [0.15, 0.2) is 0 Å². The SMILES string of the molecule is CCCNc1nnc(S(=O)(=O)[C@@H](C)C(=O)NC2CCCCC2)s1. The molecule has 1 atom stereocenters. The lowest BCUT2D eigenvalue weighted by molar-refractivity contribution is -0.121. The van der Waals surface area contributed by atoms with Crippen molar-refractivity contribution in [1.29, 1.82) is 0 Å². The highest BCUT2D eigenvalue weighted by Gasteiger charge is 2.34. The number of anilines is 1. The van der Waals surface area contributed by atoms with Gasteiger partial charge in [0.2, 0.25) is 25.2 Å². The molecule has 1 fully saturated rings. The van der Waals surface area contributed by atoms with Crippen LogP contribution in [0.3, 0.4) is 0 Å². The smallest absolute Gasteiger partial charge is 0.238 e. The van der Waals surface area contributed by atoms with Crippen LogP contribution in [-0.4, -0.2) is 42.4 Å². The summed E-state index contributed by atoms with van der Waals surface area (Å²) in [4.78, 5) is 12.3. The minimum absolute atomic E-state index is 0.0881. The van der Waals surface area contributed by atoms with Crippen LogP contribution >= 0.6 is 11.3 Å². The molecule has 1 aliphatic carbocycles. The molecule has 1 aromatic rings. The predicted molar refractivity (Wildman–Crippen MR) is 90.4 cm³/mol. The molecule has 1 amide bonds. The molecule has 7 nitrogen and oxygen atoms in total. The first kappa shape index (κ1) is 18.1. The summed E-state index contributed by atoms with van der Waals surface area (Å²) in [5, 5.41) is 12.7. The molecule has 2 N–H and O–H groups in total. The first-order chi connectivity index (χ1) is 10.9. The van der Waals surface area contributed by atoms with E-state index in [4.69, 9.17) is 0 Å². The molecular weight excluding hydrogens is 336 g/mol. The van der Waals surface area contributed by atoms with Gasteiger partial charge in [0.1, 0.15) is 5.25 Å². The summed E-state index contributed by atoms with van der Waals surface area (Å²) >= 11 is 0.970. The second-order valence-electron chi connectivity index (χ2n) is 5.83. The molecule has 1 saturated carbocycles. The number of nitrogens with one attached hydrogen (secondary N) is 2. The summed E-state index contributed by atoms with van der Waals surface area (Å²) in [5.41, 5.74) is 0. The summed E-state index contributed by atoms with van der Waals surface area (Å²) < 4.78 is 24.9. The summed E-state index contributed by atoms with van der Waals surface area (Å²) in [6, 6.07) is 0.0881. The molecule has 0 spiro atoms. The zero-order valence-electron chi connectivity index (χ0n) is 13.5. The van der Waals surface area contributed by atoms with Gasteiger partial charge >= 0.3 is 0 Å². The van der Waals surface area contributed by atoms with Crippen LogP contribution in [0.15, 0.2) is 4.34 Å². The Labute approximate surface area is 141 Å². The lowest BCUT2D eigenvalue weighted by atomic mass is 9.95. The van der Waals surface area contributed by atoms with Crippen molar-refractivity contribution in [3.8, 4) is 0 Å². The number of hydrogen-bond acceptors (Lipinski definition) is 7. The van der Waals surface area contributed by atoms with Crippen molar-refractivity contribution in [3.05, 3.63) is 0 Å². The van der Waals surface area contributed by atoms with Gasteiger partial charge in [-0.25, -0.2) is 8.42 Å². The molecule has 0 radical (unpaired) electrons. The van der Waals surface area contributed by atoms with Crippen LogP contribution in [0.5, 0.6) is 0 Å². The van der Waals surface area contributed by atoms with Gasteiger partial charge in [0.25, 0.3) is 0 Å². The molecule has 0 bridgehead atoms. The zero-order chi connectivity index (χ0) is 16.9. The van der Waals surface area contributed by atoms with Crippen LogP contribution in [0.2, 0.25) is 0 Å². The number of carbonyl (C=O) groups is 1. The van der Waals surface area contributed by atoms with Crippen molar-refractivity contribution in [3.63, 3.8) is 0 Å². The van der Waals surface area contributed by atoms with Crippen molar-refractivity contribution in [2.75, 3.05) is 11.9 Å². The molecule has 2 rings (SSSR count). The van der Waals surface area contributed by atoms with Gasteiger partial charge in [-0.2, -0.15) is 0 Å². The average Bonchev–Trinajstić information content (AvgIpc) is 3.02. The van der Waals surface area contributed by atoms with Crippen molar-refractivity contribution in [2.24, 2.45) is 0 Å². The minimum atomic E-state index is -3.80. The Hall–Kier alpha value is -1.22. The predicted octanol–water partition coefficient (Wildman–Crippen LogP) is 1.97. The van der Waals surface area contributed by atoms with Gasteiger partial charge in [-0.05, 0) is 26.2 Å². The third-order valence-corrected chi connectivity index (χ3v) is 7.30. The molecule has 1 aromatic heterocycles. The van der Waals surface area contributed by atoms with Crippen LogP contribution < -0.4 is 10.6 Å². The monoisotopic (exact) mass is 360 g/mol. The van der Waals surface area contributed by atoms with Crippen LogP contribution in [0.25, 0.3) is 0 Å². The van der Waals surface area contributed by atoms with Crippen LogP contribution in [0.1, 0.15) is 52.4 Å². The second-order valence-corrected chi connectivity index (χ2v) is 9.25. The fourth-order valence-electron chi connectivity index (χ4n) is 2.49. The molecule has 1 heterocycles. The lowest BCUT2D eigenvalue weighted by Gasteiger charge is -2.24. The summed E-state index contributed by atoms with van der Waals surface area (Å²) in [5.74, 6) is -0.449. The van der Waals surface area contributed by atoms with E-state index in [9.17, 15) is 13.2 Å². The normalized spacial score (nSPS) is 17.7. The van der Waals surface area contributed by atoms with Gasteiger partial charge in [-0.1, -0.05) is 37.5 Å². The number of nitrogens with zero attached hydrogens (tertiary/aromatic N) is 2. The summed E-state index contributed by atoms with van der Waals surface area (Å²) in [7, 11) is -3.80. The van der Waals surface area contributed by atoms with Crippen molar-refractivity contribution < 1.29 is 13.2 Å². The number of rotatable bonds is 7. The van der Waals surface area contributed by atoms with E-state index in [-0.39, 0.29) is 10.4 Å². The topological polar surface area (TPSA) is 101 Å². The van der Waals surface area contributed by atoms with E-state index in [0.717, 1.165) is 43.4 Å². The molecule has 130 valence electrons. The molecule has 0 unspecified atom stereocenters. The third-order valence-electron chi connectivity index (χ3n) is 3.96. The summed E-state index contributed by atoms with van der Waals surface area (Å²) in [6.45, 7) is 4.11. The molecule has 0 saturated heterocycles. The van der Waals surface area contributed by atoms with E-state index in [1.54, 1.807) is 0 Å². The molecule has 9 heteroatoms. The Bertz CT molecular complexity index is 624. The number of sulfone groups is 1. The number of aromatic nitrogens is 2. The highest BCUT2D eigenvalue weighted by Crippen LogP contribution is 2.24. The Morgan fingerprint density at radius 2 is 2.00 bits per heavy atom. The van der Waals surface area contributed by atoms with Crippen LogP contribution in [0.4, 0.5) is 5.13 Å². The molecule has 0 aliphatic heterocycles. The number of carbonyl (C=O) groups excluding carboxylic acids is 1. The summed E-state index contributed by atoms with van der Waals surface area (Å²) in [6.07, 6.45) is 6.08. The van der Waals surface area contributed by atoms with Gasteiger partial charge < -0.3 is 10.6 Å². The van der Waals surface area contributed by atoms with Gasteiger partial charge in [0, 0.05) is 12.6 Å². The molecule has 23 heavy (non-hydrogen) atoms. The standard InChI is InChI=1S/C14H24N4O3S2/c1-3-9-15-13-17-18-14(22-13)23(20,21)10(2)12(19)16-11-7-5-4-6-8-11/h10-11H,3-9H2,1-2H3,(H,15,17)(H,16,19)/t10-/m0/s1. The Morgan fingerprint density at radius 3 is 2.65 bits per heavy atom. The third kappa shape index (κ3) is 4.63. The Balaban J connectivity index is 2.02. The van der Waals surface area contributed by atoms with E-state index in [1.807, 2.05) is 6.92 Å². The zero-order valence-corrected chi connectivity index (χ0v) is 15.2. The minimum Gasteiger partial charge on any atom is -0.360 e. The van der Waals surface area contributed by atoms with E-state index in [0.29, 0.717) is 11.7 Å². The average molecular weight is 361 g/mol. The van der Waals surface area contributed by atoms with E-state index in [2.05, 4.69) is 20.8 Å². The maximum atomic E-state index is 12.5. The quantitative estimate of drug-likeness (QED) is 0.771. The highest BCUT2D eigenvalue weighted by atomic mass is 32.2. The van der Waals surface area contributed by atoms with Crippen molar-refractivity contribution in [2.45, 2.75) is 68.0 Å². The molecule has 0 aromatic carbocycles. The van der Waals surface area contributed by atoms with Crippen LogP contribution in [0, 0.1) is 0 Å². The second kappa shape index (κ2) is 8.05. The highest BCUT2D eigenvalue weighted by molar-refractivity contribution is 7.94. The van der Waals surface area contributed by atoms with Gasteiger partial charge in [-0.15, -0.1) is 10.2 Å². The van der Waals surface area contributed by atoms with Crippen LogP contribution in [-0.2, 0) is 14.6 Å². The fourth-order valence-corrected chi connectivity index (χ4v) is 4.93. The van der Waals surface area contributed by atoms with E-state index in [1.165, 1.54) is 13.3 Å². The first-order valence-electron chi connectivity index (χ1n) is 8.06. The number of amides is 1. The van der Waals surface area contributed by atoms with Gasteiger partial charge in [-0.3, -0.25) is 4.79 Å². The fraction of sp³-hybridized carbons (Fsp3) is 0.786. The molecular formula is C14H24N4O3S2. The first-order valence-corrected chi connectivity index (χ1v) is 10.4.